The molecule has 1 atom stereocenters. The zero-order valence-corrected chi connectivity index (χ0v) is 11.0. The minimum absolute atomic E-state index is 0.135. The Morgan fingerprint density at radius 3 is 2.78 bits per heavy atom. The van der Waals surface area contributed by atoms with Crippen molar-refractivity contribution in [3.63, 3.8) is 0 Å². The first-order valence-electron chi connectivity index (χ1n) is 6.57. The quantitative estimate of drug-likeness (QED) is 0.781. The summed E-state index contributed by atoms with van der Waals surface area (Å²) in [6.45, 7) is 3.16. The molecule has 0 heterocycles. The van der Waals surface area contributed by atoms with Crippen molar-refractivity contribution in [2.75, 3.05) is 20.2 Å². The third-order valence-corrected chi connectivity index (χ3v) is 3.19. The Labute approximate surface area is 108 Å². The van der Waals surface area contributed by atoms with Gasteiger partial charge in [0.1, 0.15) is 0 Å². The molecule has 0 spiro atoms. The number of nitrogens with one attached hydrogen (secondary N) is 2. The van der Waals surface area contributed by atoms with Crippen LogP contribution < -0.4 is 15.4 Å². The van der Waals surface area contributed by atoms with Gasteiger partial charge in [0, 0.05) is 18.6 Å². The van der Waals surface area contributed by atoms with Crippen molar-refractivity contribution in [1.29, 1.82) is 0 Å². The van der Waals surface area contributed by atoms with E-state index in [1.165, 1.54) is 12.8 Å². The van der Waals surface area contributed by atoms with Crippen LogP contribution in [0.1, 0.15) is 31.4 Å². The molecule has 100 valence electrons. The van der Waals surface area contributed by atoms with Gasteiger partial charge in [0.05, 0.1) is 6.61 Å². The van der Waals surface area contributed by atoms with Gasteiger partial charge in [0.15, 0.2) is 11.6 Å². The van der Waals surface area contributed by atoms with Crippen LogP contribution in [0.5, 0.6) is 5.75 Å². The maximum absolute atomic E-state index is 13.8. The van der Waals surface area contributed by atoms with Crippen LogP contribution >= 0.6 is 0 Å². The van der Waals surface area contributed by atoms with Crippen LogP contribution in [0.15, 0.2) is 18.2 Å². The zero-order valence-electron chi connectivity index (χ0n) is 11.0. The number of benzene rings is 1. The van der Waals surface area contributed by atoms with Crippen LogP contribution in [0.2, 0.25) is 0 Å². The van der Waals surface area contributed by atoms with E-state index in [4.69, 9.17) is 4.74 Å². The smallest absolute Gasteiger partial charge is 0.165 e. The van der Waals surface area contributed by atoms with Crippen molar-refractivity contribution in [3.05, 3.63) is 29.6 Å². The van der Waals surface area contributed by atoms with Crippen molar-refractivity contribution in [2.24, 2.45) is 0 Å². The Morgan fingerprint density at radius 2 is 2.22 bits per heavy atom. The molecule has 1 aliphatic rings. The summed E-state index contributed by atoms with van der Waals surface area (Å²) in [5, 5.41) is 6.66. The monoisotopic (exact) mass is 252 g/mol. The van der Waals surface area contributed by atoms with E-state index in [0.29, 0.717) is 18.4 Å². The number of rotatable bonds is 7. The lowest BCUT2D eigenvalue weighted by Crippen LogP contribution is -2.30. The number of hydrogen-bond acceptors (Lipinski definition) is 3. The molecule has 0 bridgehead atoms. The molecule has 4 heteroatoms. The predicted octanol–water partition coefficient (Wildman–Crippen LogP) is 2.24. The van der Waals surface area contributed by atoms with E-state index in [-0.39, 0.29) is 11.9 Å². The van der Waals surface area contributed by atoms with Crippen LogP contribution in [0, 0.1) is 5.82 Å². The van der Waals surface area contributed by atoms with Gasteiger partial charge in [0.25, 0.3) is 0 Å². The normalized spacial score (nSPS) is 16.6. The highest BCUT2D eigenvalue weighted by atomic mass is 19.1. The summed E-state index contributed by atoms with van der Waals surface area (Å²) in [5.74, 6) is 0.0345. The van der Waals surface area contributed by atoms with Gasteiger partial charge >= 0.3 is 0 Å². The molecule has 1 unspecified atom stereocenters. The third kappa shape index (κ3) is 3.43. The molecule has 1 saturated carbocycles. The second-order valence-corrected chi connectivity index (χ2v) is 4.65. The molecule has 1 aromatic carbocycles. The molecule has 1 aliphatic carbocycles. The van der Waals surface area contributed by atoms with Crippen molar-refractivity contribution in [3.8, 4) is 5.75 Å². The molecule has 0 aromatic heterocycles. The Kier molecular flexibility index (Phi) is 4.55. The van der Waals surface area contributed by atoms with Gasteiger partial charge in [-0.05, 0) is 44.5 Å². The van der Waals surface area contributed by atoms with Crippen LogP contribution in [-0.4, -0.2) is 26.2 Å². The summed E-state index contributed by atoms with van der Waals surface area (Å²) in [4.78, 5) is 0. The SMILES string of the molecule is CCOc1ccc(C(CNC2CC2)NC)cc1F. The molecule has 2 rings (SSSR count). The first-order valence-corrected chi connectivity index (χ1v) is 6.57. The van der Waals surface area contributed by atoms with E-state index in [0.717, 1.165) is 12.1 Å². The Bertz CT molecular complexity index is 393. The maximum Gasteiger partial charge on any atom is 0.165 e. The third-order valence-electron chi connectivity index (χ3n) is 3.19. The standard InChI is InChI=1S/C14H21FN2O/c1-3-18-14-7-4-10(8-12(14)15)13(16-2)9-17-11-5-6-11/h4,7-8,11,13,16-17H,3,5-6,9H2,1-2H3. The van der Waals surface area contributed by atoms with Crippen molar-refractivity contribution in [2.45, 2.75) is 31.8 Å². The Morgan fingerprint density at radius 1 is 1.44 bits per heavy atom. The lowest BCUT2D eigenvalue weighted by molar-refractivity contribution is 0.321. The van der Waals surface area contributed by atoms with Gasteiger partial charge in [0.2, 0.25) is 0 Å². The fraction of sp³-hybridized carbons (Fsp3) is 0.571. The van der Waals surface area contributed by atoms with Gasteiger partial charge in [-0.1, -0.05) is 6.07 Å². The molecular formula is C14H21FN2O. The molecule has 18 heavy (non-hydrogen) atoms. The van der Waals surface area contributed by atoms with E-state index in [1.54, 1.807) is 12.1 Å². The van der Waals surface area contributed by atoms with Gasteiger partial charge in [-0.25, -0.2) is 4.39 Å². The van der Waals surface area contributed by atoms with Crippen LogP contribution in [-0.2, 0) is 0 Å². The average molecular weight is 252 g/mol. The summed E-state index contributed by atoms with van der Waals surface area (Å²) < 4.78 is 19.0. The van der Waals surface area contributed by atoms with E-state index in [1.807, 2.05) is 20.0 Å². The highest BCUT2D eigenvalue weighted by molar-refractivity contribution is 5.31. The molecule has 0 radical (unpaired) electrons. The molecule has 1 aromatic rings. The number of likely N-dealkylation sites (N-methyl/N-ethyl adjacent to an activating group) is 1. The second-order valence-electron chi connectivity index (χ2n) is 4.65. The Hall–Kier alpha value is -1.13. The van der Waals surface area contributed by atoms with Crippen LogP contribution in [0.3, 0.4) is 0 Å². The zero-order chi connectivity index (χ0) is 13.0. The van der Waals surface area contributed by atoms with E-state index >= 15 is 0 Å². The van der Waals surface area contributed by atoms with Crippen LogP contribution in [0.25, 0.3) is 0 Å². The van der Waals surface area contributed by atoms with Gasteiger partial charge in [-0.15, -0.1) is 0 Å². The number of hydrogen-bond donors (Lipinski definition) is 2. The summed E-state index contributed by atoms with van der Waals surface area (Å²) in [5.41, 5.74) is 0.951. The number of halogens is 1. The van der Waals surface area contributed by atoms with Gasteiger partial charge < -0.3 is 15.4 Å². The van der Waals surface area contributed by atoms with E-state index in [2.05, 4.69) is 10.6 Å². The minimum Gasteiger partial charge on any atom is -0.491 e. The summed E-state index contributed by atoms with van der Waals surface area (Å²) in [7, 11) is 1.90. The van der Waals surface area contributed by atoms with E-state index in [9.17, 15) is 4.39 Å². The maximum atomic E-state index is 13.8. The van der Waals surface area contributed by atoms with Gasteiger partial charge in [-0.3, -0.25) is 0 Å². The summed E-state index contributed by atoms with van der Waals surface area (Å²) in [6.07, 6.45) is 2.52. The molecule has 1 fully saturated rings. The molecule has 2 N–H and O–H groups in total. The fourth-order valence-corrected chi connectivity index (χ4v) is 1.96. The van der Waals surface area contributed by atoms with Gasteiger partial charge in [-0.2, -0.15) is 0 Å². The van der Waals surface area contributed by atoms with Crippen molar-refractivity contribution >= 4 is 0 Å². The molecule has 0 amide bonds. The summed E-state index contributed by atoms with van der Waals surface area (Å²) in [6, 6.07) is 5.98. The van der Waals surface area contributed by atoms with Crippen molar-refractivity contribution < 1.29 is 9.13 Å². The van der Waals surface area contributed by atoms with E-state index < -0.39 is 0 Å². The predicted molar refractivity (Wildman–Crippen MR) is 70.4 cm³/mol. The highest BCUT2D eigenvalue weighted by Gasteiger charge is 2.22. The molecule has 0 saturated heterocycles. The topological polar surface area (TPSA) is 33.3 Å². The Balaban J connectivity index is 2.02. The van der Waals surface area contributed by atoms with Crippen LogP contribution in [0.4, 0.5) is 4.39 Å². The average Bonchev–Trinajstić information content (AvgIpc) is 3.17. The second kappa shape index (κ2) is 6.16. The first kappa shape index (κ1) is 13.3. The lowest BCUT2D eigenvalue weighted by Gasteiger charge is -2.18. The lowest BCUT2D eigenvalue weighted by atomic mass is 10.1. The minimum atomic E-state index is -0.291. The van der Waals surface area contributed by atoms with Crippen molar-refractivity contribution in [1.82, 2.24) is 10.6 Å². The largest absolute Gasteiger partial charge is 0.491 e. The number of ether oxygens (including phenoxy) is 1. The summed E-state index contributed by atoms with van der Waals surface area (Å²) >= 11 is 0. The highest BCUT2D eigenvalue weighted by Crippen LogP contribution is 2.23. The molecule has 3 nitrogen and oxygen atoms in total. The molecule has 0 aliphatic heterocycles. The molecular weight excluding hydrogens is 231 g/mol. The fourth-order valence-electron chi connectivity index (χ4n) is 1.96. The first-order chi connectivity index (χ1) is 8.74.